The summed E-state index contributed by atoms with van der Waals surface area (Å²) in [6.07, 6.45) is 1.33. The van der Waals surface area contributed by atoms with E-state index in [4.69, 9.17) is 9.47 Å². The number of hydrogen-bond acceptors (Lipinski definition) is 4. The molecule has 0 spiro atoms. The SMILES string of the molecule is C=CC(=O)OCC(CC)OC(C)=O. The van der Waals surface area contributed by atoms with Crippen LogP contribution in [0.4, 0.5) is 0 Å². The molecule has 0 saturated heterocycles. The summed E-state index contributed by atoms with van der Waals surface area (Å²) in [5.74, 6) is -0.882. The highest BCUT2D eigenvalue weighted by Gasteiger charge is 2.10. The highest BCUT2D eigenvalue weighted by atomic mass is 16.6. The van der Waals surface area contributed by atoms with Crippen molar-refractivity contribution in [1.82, 2.24) is 0 Å². The van der Waals surface area contributed by atoms with E-state index in [-0.39, 0.29) is 18.7 Å². The minimum Gasteiger partial charge on any atom is -0.459 e. The molecule has 13 heavy (non-hydrogen) atoms. The van der Waals surface area contributed by atoms with Crippen molar-refractivity contribution < 1.29 is 19.1 Å². The van der Waals surface area contributed by atoms with Crippen LogP contribution in [0.1, 0.15) is 20.3 Å². The molecule has 0 radical (unpaired) electrons. The molecule has 0 rings (SSSR count). The molecular weight excluding hydrogens is 172 g/mol. The molecule has 0 aromatic carbocycles. The van der Waals surface area contributed by atoms with Crippen LogP contribution in [0.3, 0.4) is 0 Å². The van der Waals surface area contributed by atoms with Gasteiger partial charge in [-0.3, -0.25) is 4.79 Å². The van der Waals surface area contributed by atoms with Crippen LogP contribution in [0, 0.1) is 0 Å². The van der Waals surface area contributed by atoms with Gasteiger partial charge in [0.1, 0.15) is 12.7 Å². The van der Waals surface area contributed by atoms with E-state index in [1.165, 1.54) is 6.92 Å². The van der Waals surface area contributed by atoms with Crippen LogP contribution in [0.2, 0.25) is 0 Å². The lowest BCUT2D eigenvalue weighted by Crippen LogP contribution is -2.22. The second-order valence-corrected chi connectivity index (χ2v) is 2.47. The molecule has 0 heterocycles. The maximum Gasteiger partial charge on any atom is 0.330 e. The minimum atomic E-state index is -0.509. The van der Waals surface area contributed by atoms with Gasteiger partial charge in [-0.05, 0) is 6.42 Å². The summed E-state index contributed by atoms with van der Waals surface area (Å²) in [6, 6.07) is 0. The van der Waals surface area contributed by atoms with Crippen molar-refractivity contribution in [2.24, 2.45) is 0 Å². The van der Waals surface area contributed by atoms with E-state index in [0.717, 1.165) is 6.08 Å². The summed E-state index contributed by atoms with van der Waals surface area (Å²) in [7, 11) is 0. The Morgan fingerprint density at radius 3 is 2.54 bits per heavy atom. The first-order chi connectivity index (χ1) is 6.10. The van der Waals surface area contributed by atoms with Gasteiger partial charge in [0.25, 0.3) is 0 Å². The Labute approximate surface area is 77.5 Å². The van der Waals surface area contributed by atoms with Crippen LogP contribution < -0.4 is 0 Å². The Morgan fingerprint density at radius 2 is 2.15 bits per heavy atom. The Kier molecular flexibility index (Phi) is 5.59. The molecule has 4 nitrogen and oxygen atoms in total. The molecule has 0 fully saturated rings. The van der Waals surface area contributed by atoms with Crippen LogP contribution in [-0.2, 0) is 19.1 Å². The van der Waals surface area contributed by atoms with Crippen molar-refractivity contribution in [2.45, 2.75) is 26.4 Å². The van der Waals surface area contributed by atoms with E-state index >= 15 is 0 Å². The fourth-order valence-electron chi connectivity index (χ4n) is 0.704. The Balaban J connectivity index is 3.77. The molecule has 0 bridgehead atoms. The molecular formula is C9H14O4. The lowest BCUT2D eigenvalue weighted by atomic mass is 10.3. The maximum atomic E-state index is 10.6. The monoisotopic (exact) mass is 186 g/mol. The number of carbonyl (C=O) groups excluding carboxylic acids is 2. The smallest absolute Gasteiger partial charge is 0.330 e. The second kappa shape index (κ2) is 6.22. The molecule has 4 heteroatoms. The number of esters is 2. The summed E-state index contributed by atoms with van der Waals surface area (Å²) in [5.41, 5.74) is 0. The van der Waals surface area contributed by atoms with Crippen LogP contribution in [-0.4, -0.2) is 24.6 Å². The quantitative estimate of drug-likeness (QED) is 0.476. The fourth-order valence-corrected chi connectivity index (χ4v) is 0.704. The number of carbonyl (C=O) groups is 2. The van der Waals surface area contributed by atoms with Crippen LogP contribution >= 0.6 is 0 Å². The van der Waals surface area contributed by atoms with Gasteiger partial charge in [0, 0.05) is 13.0 Å². The lowest BCUT2D eigenvalue weighted by molar-refractivity contribution is -0.155. The van der Waals surface area contributed by atoms with Gasteiger partial charge < -0.3 is 9.47 Å². The summed E-state index contributed by atoms with van der Waals surface area (Å²) in [5, 5.41) is 0. The Hall–Kier alpha value is -1.32. The van der Waals surface area contributed by atoms with E-state index in [1.54, 1.807) is 0 Å². The van der Waals surface area contributed by atoms with Crippen molar-refractivity contribution in [3.05, 3.63) is 12.7 Å². The summed E-state index contributed by atoms with van der Waals surface area (Å²) >= 11 is 0. The van der Waals surface area contributed by atoms with Gasteiger partial charge in [0.15, 0.2) is 0 Å². The van der Waals surface area contributed by atoms with Crippen molar-refractivity contribution >= 4 is 11.9 Å². The summed E-state index contributed by atoms with van der Waals surface area (Å²) in [4.78, 5) is 21.2. The van der Waals surface area contributed by atoms with E-state index < -0.39 is 5.97 Å². The van der Waals surface area contributed by atoms with Crippen molar-refractivity contribution in [3.63, 3.8) is 0 Å². The second-order valence-electron chi connectivity index (χ2n) is 2.47. The topological polar surface area (TPSA) is 52.6 Å². The van der Waals surface area contributed by atoms with Crippen molar-refractivity contribution in [1.29, 1.82) is 0 Å². The first-order valence-corrected chi connectivity index (χ1v) is 4.06. The molecule has 0 aromatic heterocycles. The fraction of sp³-hybridized carbons (Fsp3) is 0.556. The van der Waals surface area contributed by atoms with E-state index in [1.807, 2.05) is 6.92 Å². The molecule has 0 amide bonds. The van der Waals surface area contributed by atoms with Crippen LogP contribution in [0.15, 0.2) is 12.7 Å². The first kappa shape index (κ1) is 11.7. The van der Waals surface area contributed by atoms with Gasteiger partial charge in [-0.1, -0.05) is 13.5 Å². The van der Waals surface area contributed by atoms with Crippen LogP contribution in [0.5, 0.6) is 0 Å². The van der Waals surface area contributed by atoms with Crippen LogP contribution in [0.25, 0.3) is 0 Å². The number of rotatable bonds is 5. The van der Waals surface area contributed by atoms with Gasteiger partial charge in [0.05, 0.1) is 0 Å². The molecule has 0 N–H and O–H groups in total. The van der Waals surface area contributed by atoms with Gasteiger partial charge in [0.2, 0.25) is 0 Å². The standard InChI is InChI=1S/C9H14O4/c1-4-8(13-7(3)10)6-12-9(11)5-2/h5,8H,2,4,6H2,1,3H3. The highest BCUT2D eigenvalue weighted by Crippen LogP contribution is 1.99. The molecule has 0 aliphatic carbocycles. The summed E-state index contributed by atoms with van der Waals surface area (Å²) < 4.78 is 9.55. The largest absolute Gasteiger partial charge is 0.459 e. The molecule has 74 valence electrons. The summed E-state index contributed by atoms with van der Waals surface area (Å²) in [6.45, 7) is 6.49. The predicted molar refractivity (Wildman–Crippen MR) is 47.0 cm³/mol. The predicted octanol–water partition coefficient (Wildman–Crippen LogP) is 1.06. The third-order valence-electron chi connectivity index (χ3n) is 1.37. The highest BCUT2D eigenvalue weighted by molar-refractivity contribution is 5.81. The number of ether oxygens (including phenoxy) is 2. The molecule has 0 aromatic rings. The molecule has 1 unspecified atom stereocenters. The Bertz CT molecular complexity index is 198. The number of hydrogen-bond donors (Lipinski definition) is 0. The van der Waals surface area contributed by atoms with E-state index in [9.17, 15) is 9.59 Å². The average molecular weight is 186 g/mol. The van der Waals surface area contributed by atoms with Gasteiger partial charge >= 0.3 is 11.9 Å². The third kappa shape index (κ3) is 5.90. The maximum absolute atomic E-state index is 10.6. The van der Waals surface area contributed by atoms with Gasteiger partial charge in [-0.25, -0.2) is 4.79 Å². The first-order valence-electron chi connectivity index (χ1n) is 4.06. The Morgan fingerprint density at radius 1 is 1.54 bits per heavy atom. The molecule has 1 atom stereocenters. The molecule has 0 aliphatic heterocycles. The molecule has 0 saturated carbocycles. The zero-order chi connectivity index (χ0) is 10.3. The normalized spacial score (nSPS) is 11.5. The molecule has 0 aliphatic rings. The van der Waals surface area contributed by atoms with Gasteiger partial charge in [-0.15, -0.1) is 0 Å². The zero-order valence-electron chi connectivity index (χ0n) is 7.91. The van der Waals surface area contributed by atoms with E-state index in [0.29, 0.717) is 6.42 Å². The van der Waals surface area contributed by atoms with Crippen molar-refractivity contribution in [2.75, 3.05) is 6.61 Å². The van der Waals surface area contributed by atoms with E-state index in [2.05, 4.69) is 6.58 Å². The minimum absolute atomic E-state index is 0.0843. The third-order valence-corrected chi connectivity index (χ3v) is 1.37. The average Bonchev–Trinajstić information content (AvgIpc) is 2.10. The lowest BCUT2D eigenvalue weighted by Gasteiger charge is -2.13. The van der Waals surface area contributed by atoms with Gasteiger partial charge in [-0.2, -0.15) is 0 Å². The van der Waals surface area contributed by atoms with Crippen molar-refractivity contribution in [3.8, 4) is 0 Å². The zero-order valence-corrected chi connectivity index (χ0v) is 7.91.